The molecule has 0 spiro atoms. The van der Waals surface area contributed by atoms with Crippen LogP contribution < -0.4 is 16.6 Å². The van der Waals surface area contributed by atoms with Gasteiger partial charge < -0.3 is 10.3 Å². The fourth-order valence-electron chi connectivity index (χ4n) is 1.66. The van der Waals surface area contributed by atoms with Crippen molar-refractivity contribution in [2.45, 2.75) is 6.42 Å². The Kier molecular flexibility index (Phi) is 4.09. The SMILES string of the molecule is O=C(NCCc1ccc(F)cc1)c1cc(=O)[nH]c(=O)[nH]1. The van der Waals surface area contributed by atoms with Crippen LogP contribution in [0.4, 0.5) is 4.39 Å². The third-order valence-electron chi connectivity index (χ3n) is 2.62. The van der Waals surface area contributed by atoms with Gasteiger partial charge in [-0.25, -0.2) is 9.18 Å². The van der Waals surface area contributed by atoms with Gasteiger partial charge in [-0.2, -0.15) is 0 Å². The van der Waals surface area contributed by atoms with Crippen molar-refractivity contribution in [2.75, 3.05) is 6.54 Å². The van der Waals surface area contributed by atoms with Gasteiger partial charge in [0.05, 0.1) is 0 Å². The molecule has 2 aromatic rings. The largest absolute Gasteiger partial charge is 0.350 e. The van der Waals surface area contributed by atoms with Crippen LogP contribution in [-0.4, -0.2) is 22.4 Å². The smallest absolute Gasteiger partial charge is 0.326 e. The number of rotatable bonds is 4. The van der Waals surface area contributed by atoms with Crippen LogP contribution in [0.2, 0.25) is 0 Å². The third kappa shape index (κ3) is 3.64. The number of aromatic amines is 2. The molecule has 20 heavy (non-hydrogen) atoms. The molecule has 0 aliphatic carbocycles. The zero-order valence-corrected chi connectivity index (χ0v) is 10.4. The van der Waals surface area contributed by atoms with Gasteiger partial charge >= 0.3 is 5.69 Å². The van der Waals surface area contributed by atoms with Crippen LogP contribution in [-0.2, 0) is 6.42 Å². The summed E-state index contributed by atoms with van der Waals surface area (Å²) in [5.41, 5.74) is -0.609. The Labute approximate surface area is 112 Å². The predicted octanol–water partition coefficient (Wildman–Crippen LogP) is 0.175. The van der Waals surface area contributed by atoms with E-state index in [1.165, 1.54) is 12.1 Å². The number of hydrogen-bond acceptors (Lipinski definition) is 3. The molecule has 6 nitrogen and oxygen atoms in total. The normalized spacial score (nSPS) is 10.2. The number of H-pyrrole nitrogens is 2. The third-order valence-corrected chi connectivity index (χ3v) is 2.62. The Morgan fingerprint density at radius 3 is 2.50 bits per heavy atom. The minimum Gasteiger partial charge on any atom is -0.350 e. The molecule has 0 saturated carbocycles. The lowest BCUT2D eigenvalue weighted by molar-refractivity contribution is 0.0948. The van der Waals surface area contributed by atoms with E-state index in [1.54, 1.807) is 12.1 Å². The average Bonchev–Trinajstić information content (AvgIpc) is 2.40. The van der Waals surface area contributed by atoms with Gasteiger partial charge in [0.1, 0.15) is 11.5 Å². The molecule has 1 heterocycles. The molecule has 7 heteroatoms. The van der Waals surface area contributed by atoms with E-state index in [0.717, 1.165) is 11.6 Å². The van der Waals surface area contributed by atoms with E-state index >= 15 is 0 Å². The Morgan fingerprint density at radius 1 is 1.15 bits per heavy atom. The first kappa shape index (κ1) is 13.7. The van der Waals surface area contributed by atoms with Gasteiger partial charge in [0, 0.05) is 12.6 Å². The quantitative estimate of drug-likeness (QED) is 0.743. The van der Waals surface area contributed by atoms with E-state index in [9.17, 15) is 18.8 Å². The zero-order chi connectivity index (χ0) is 14.5. The molecule has 0 saturated heterocycles. The van der Waals surface area contributed by atoms with Gasteiger partial charge in [-0.15, -0.1) is 0 Å². The second-order valence-electron chi connectivity index (χ2n) is 4.13. The van der Waals surface area contributed by atoms with E-state index in [1.807, 2.05) is 4.98 Å². The van der Waals surface area contributed by atoms with E-state index in [-0.39, 0.29) is 11.5 Å². The van der Waals surface area contributed by atoms with Crippen molar-refractivity contribution in [1.82, 2.24) is 15.3 Å². The molecule has 0 aliphatic heterocycles. The molecule has 1 aromatic heterocycles. The van der Waals surface area contributed by atoms with Crippen LogP contribution >= 0.6 is 0 Å². The van der Waals surface area contributed by atoms with Crippen LogP contribution in [0.15, 0.2) is 39.9 Å². The molecule has 3 N–H and O–H groups in total. The molecular weight excluding hydrogens is 265 g/mol. The summed E-state index contributed by atoms with van der Waals surface area (Å²) in [5, 5.41) is 2.56. The first-order chi connectivity index (χ1) is 9.54. The predicted molar refractivity (Wildman–Crippen MR) is 70.1 cm³/mol. The van der Waals surface area contributed by atoms with Crippen molar-refractivity contribution in [2.24, 2.45) is 0 Å². The van der Waals surface area contributed by atoms with Crippen LogP contribution in [0.25, 0.3) is 0 Å². The maximum Gasteiger partial charge on any atom is 0.326 e. The Morgan fingerprint density at radius 2 is 1.85 bits per heavy atom. The zero-order valence-electron chi connectivity index (χ0n) is 10.4. The molecule has 0 bridgehead atoms. The summed E-state index contributed by atoms with van der Waals surface area (Å²) in [6.07, 6.45) is 0.513. The van der Waals surface area contributed by atoms with Gasteiger partial charge in [0.15, 0.2) is 0 Å². The fourth-order valence-corrected chi connectivity index (χ4v) is 1.66. The second kappa shape index (κ2) is 5.96. The highest BCUT2D eigenvalue weighted by molar-refractivity contribution is 5.91. The maximum absolute atomic E-state index is 12.7. The van der Waals surface area contributed by atoms with Gasteiger partial charge in [0.2, 0.25) is 0 Å². The number of amides is 1. The lowest BCUT2D eigenvalue weighted by atomic mass is 10.1. The molecule has 0 aliphatic rings. The number of halogens is 1. The number of benzene rings is 1. The van der Waals surface area contributed by atoms with Crippen LogP contribution in [0, 0.1) is 5.82 Å². The Balaban J connectivity index is 1.93. The number of nitrogens with one attached hydrogen (secondary N) is 3. The van der Waals surface area contributed by atoms with E-state index in [4.69, 9.17) is 0 Å². The van der Waals surface area contributed by atoms with Gasteiger partial charge in [-0.1, -0.05) is 12.1 Å². The van der Waals surface area contributed by atoms with E-state index in [2.05, 4.69) is 10.3 Å². The molecule has 0 unspecified atom stereocenters. The van der Waals surface area contributed by atoms with Gasteiger partial charge in [-0.3, -0.25) is 14.6 Å². The molecule has 1 aromatic carbocycles. The summed E-state index contributed by atoms with van der Waals surface area (Å²) in [6, 6.07) is 6.93. The molecule has 2 rings (SSSR count). The Hall–Kier alpha value is -2.70. The maximum atomic E-state index is 12.7. The molecule has 104 valence electrons. The van der Waals surface area contributed by atoms with Crippen LogP contribution in [0.1, 0.15) is 16.1 Å². The lowest BCUT2D eigenvalue weighted by Crippen LogP contribution is -2.31. The highest BCUT2D eigenvalue weighted by Gasteiger charge is 2.07. The average molecular weight is 277 g/mol. The number of aromatic nitrogens is 2. The van der Waals surface area contributed by atoms with Gasteiger partial charge in [-0.05, 0) is 24.1 Å². The monoisotopic (exact) mass is 277 g/mol. The van der Waals surface area contributed by atoms with Crippen molar-refractivity contribution in [3.63, 3.8) is 0 Å². The molecule has 0 fully saturated rings. The van der Waals surface area contributed by atoms with Crippen molar-refractivity contribution in [3.05, 3.63) is 68.2 Å². The standard InChI is InChI=1S/C13H12FN3O3/c14-9-3-1-8(2-4-9)5-6-15-12(19)10-7-11(18)17-13(20)16-10/h1-4,7H,5-6H2,(H,15,19)(H2,16,17,18,20). The van der Waals surface area contributed by atoms with Crippen molar-refractivity contribution in [3.8, 4) is 0 Å². The minimum absolute atomic E-state index is 0.0992. The van der Waals surface area contributed by atoms with Crippen molar-refractivity contribution >= 4 is 5.91 Å². The van der Waals surface area contributed by atoms with Crippen molar-refractivity contribution in [1.29, 1.82) is 0 Å². The minimum atomic E-state index is -0.735. The number of carbonyl (C=O) groups excluding carboxylic acids is 1. The lowest BCUT2D eigenvalue weighted by Gasteiger charge is -2.05. The highest BCUT2D eigenvalue weighted by Crippen LogP contribution is 2.02. The summed E-state index contributed by atoms with van der Waals surface area (Å²) in [6.45, 7) is 0.305. The van der Waals surface area contributed by atoms with Crippen LogP contribution in [0.3, 0.4) is 0 Å². The Bertz CT molecular complexity index is 690. The summed E-state index contributed by atoms with van der Waals surface area (Å²) in [4.78, 5) is 38.0. The summed E-state index contributed by atoms with van der Waals surface area (Å²) < 4.78 is 12.7. The molecule has 0 radical (unpaired) electrons. The van der Waals surface area contributed by atoms with E-state index in [0.29, 0.717) is 13.0 Å². The number of carbonyl (C=O) groups is 1. The summed E-state index contributed by atoms with van der Waals surface area (Å²) in [7, 11) is 0. The first-order valence-corrected chi connectivity index (χ1v) is 5.91. The fraction of sp³-hybridized carbons (Fsp3) is 0.154. The molecular formula is C13H12FN3O3. The summed E-state index contributed by atoms with van der Waals surface area (Å²) in [5.74, 6) is -0.866. The molecule has 0 atom stereocenters. The first-order valence-electron chi connectivity index (χ1n) is 5.91. The summed E-state index contributed by atoms with van der Waals surface area (Å²) >= 11 is 0. The number of hydrogen-bond donors (Lipinski definition) is 3. The highest BCUT2D eigenvalue weighted by atomic mass is 19.1. The van der Waals surface area contributed by atoms with Gasteiger partial charge in [0.25, 0.3) is 11.5 Å². The molecule has 1 amide bonds. The topological polar surface area (TPSA) is 94.8 Å². The second-order valence-corrected chi connectivity index (χ2v) is 4.13. The van der Waals surface area contributed by atoms with E-state index < -0.39 is 17.2 Å². The van der Waals surface area contributed by atoms with Crippen molar-refractivity contribution < 1.29 is 9.18 Å². The van der Waals surface area contributed by atoms with Crippen LogP contribution in [0.5, 0.6) is 0 Å².